The van der Waals surface area contributed by atoms with Gasteiger partial charge in [-0.05, 0) is 53.1 Å². The van der Waals surface area contributed by atoms with Gasteiger partial charge in [-0.15, -0.1) is 0 Å². The Morgan fingerprint density at radius 1 is 0.914 bits per heavy atom. The van der Waals surface area contributed by atoms with Crippen LogP contribution in [0.15, 0.2) is 77.6 Å². The van der Waals surface area contributed by atoms with Gasteiger partial charge in [0, 0.05) is 43.1 Å². The number of amides is 1. The molecule has 35 heavy (non-hydrogen) atoms. The van der Waals surface area contributed by atoms with Gasteiger partial charge in [0.1, 0.15) is 0 Å². The molecule has 0 fully saturated rings. The summed E-state index contributed by atoms with van der Waals surface area (Å²) in [6.45, 7) is 2.33. The maximum Gasteiger partial charge on any atom is 0.273 e. The van der Waals surface area contributed by atoms with Crippen LogP contribution in [0.5, 0.6) is 11.5 Å². The van der Waals surface area contributed by atoms with Crippen molar-refractivity contribution in [3.05, 3.63) is 106 Å². The third-order valence-electron chi connectivity index (χ3n) is 5.51. The van der Waals surface area contributed by atoms with Gasteiger partial charge < -0.3 is 19.3 Å². The Kier molecular flexibility index (Phi) is 6.92. The van der Waals surface area contributed by atoms with Crippen molar-refractivity contribution in [2.24, 2.45) is 0 Å². The minimum absolute atomic E-state index is 0.211. The van der Waals surface area contributed by atoms with Crippen LogP contribution in [0.3, 0.4) is 0 Å². The van der Waals surface area contributed by atoms with E-state index in [0.717, 1.165) is 16.7 Å². The molecule has 0 radical (unpaired) electrons. The lowest BCUT2D eigenvalue weighted by molar-refractivity contribution is 0.0941. The molecule has 1 aliphatic heterocycles. The van der Waals surface area contributed by atoms with Crippen LogP contribution in [-0.2, 0) is 26.2 Å². The zero-order chi connectivity index (χ0) is 24.0. The van der Waals surface area contributed by atoms with Crippen molar-refractivity contribution in [1.82, 2.24) is 20.4 Å². The van der Waals surface area contributed by atoms with E-state index in [0.29, 0.717) is 48.5 Å². The first-order valence-corrected chi connectivity index (χ1v) is 11.5. The van der Waals surface area contributed by atoms with E-state index in [4.69, 9.17) is 25.6 Å². The normalized spacial score (nSPS) is 12.2. The zero-order valence-corrected chi connectivity index (χ0v) is 19.6. The number of pyridine rings is 1. The zero-order valence-electron chi connectivity index (χ0n) is 18.8. The third-order valence-corrected chi connectivity index (χ3v) is 5.75. The molecule has 4 aromatic rings. The van der Waals surface area contributed by atoms with E-state index in [1.807, 2.05) is 54.6 Å². The van der Waals surface area contributed by atoms with Gasteiger partial charge in [0.2, 0.25) is 6.79 Å². The number of nitrogens with one attached hydrogen (secondary N) is 1. The number of benzene rings is 2. The summed E-state index contributed by atoms with van der Waals surface area (Å²) < 4.78 is 16.2. The fraction of sp³-hybridized carbons (Fsp3) is 0.192. The van der Waals surface area contributed by atoms with E-state index in [1.165, 1.54) is 0 Å². The molecular weight excluding hydrogens is 468 g/mol. The number of fused-ring (bicyclic) bond motifs is 1. The van der Waals surface area contributed by atoms with Crippen LogP contribution in [-0.4, -0.2) is 27.7 Å². The van der Waals surface area contributed by atoms with Crippen LogP contribution in [0, 0.1) is 0 Å². The van der Waals surface area contributed by atoms with E-state index < -0.39 is 0 Å². The van der Waals surface area contributed by atoms with Gasteiger partial charge in [-0.1, -0.05) is 35.0 Å². The lowest BCUT2D eigenvalue weighted by Gasteiger charge is -2.21. The predicted octanol–water partition coefficient (Wildman–Crippen LogP) is 4.58. The maximum absolute atomic E-state index is 12.6. The smallest absolute Gasteiger partial charge is 0.273 e. The van der Waals surface area contributed by atoms with E-state index in [-0.39, 0.29) is 18.4 Å². The number of carbonyl (C=O) groups excluding carboxylic acids is 1. The summed E-state index contributed by atoms with van der Waals surface area (Å²) in [6, 6.07) is 18.9. The van der Waals surface area contributed by atoms with Crippen molar-refractivity contribution in [2.45, 2.75) is 26.2 Å². The summed E-state index contributed by atoms with van der Waals surface area (Å²) in [5.74, 6) is 1.66. The molecule has 1 aliphatic rings. The van der Waals surface area contributed by atoms with E-state index in [2.05, 4.69) is 20.4 Å². The quantitative estimate of drug-likeness (QED) is 0.367. The van der Waals surface area contributed by atoms with E-state index >= 15 is 0 Å². The Morgan fingerprint density at radius 3 is 2.60 bits per heavy atom. The van der Waals surface area contributed by atoms with Crippen LogP contribution < -0.4 is 14.8 Å². The third kappa shape index (κ3) is 5.98. The Hall–Kier alpha value is -3.88. The first-order chi connectivity index (χ1) is 17.1. The highest BCUT2D eigenvalue weighted by molar-refractivity contribution is 6.30. The Morgan fingerprint density at radius 2 is 1.74 bits per heavy atom. The molecule has 3 heterocycles. The first kappa shape index (κ1) is 22.9. The van der Waals surface area contributed by atoms with Crippen molar-refractivity contribution < 1.29 is 18.8 Å². The standard InChI is InChI=1S/C26H23ClN4O4/c27-21-3-1-2-20(10-21)15-31(14-18-6-8-28-9-7-18)16-22-12-23(30-35-22)26(32)29-13-19-4-5-24-25(11-19)34-17-33-24/h1-12H,13-17H2,(H,29,32). The van der Waals surface area contributed by atoms with Crippen LogP contribution in [0.2, 0.25) is 5.02 Å². The van der Waals surface area contributed by atoms with Gasteiger partial charge in [-0.2, -0.15) is 0 Å². The molecule has 0 spiro atoms. The highest BCUT2D eigenvalue weighted by Gasteiger charge is 2.17. The fourth-order valence-electron chi connectivity index (χ4n) is 3.85. The first-order valence-electron chi connectivity index (χ1n) is 11.1. The van der Waals surface area contributed by atoms with Crippen LogP contribution in [0.1, 0.15) is 32.9 Å². The highest BCUT2D eigenvalue weighted by Crippen LogP contribution is 2.32. The number of nitrogens with zero attached hydrogens (tertiary/aromatic N) is 3. The van der Waals surface area contributed by atoms with E-state index in [1.54, 1.807) is 18.5 Å². The number of halogens is 1. The van der Waals surface area contributed by atoms with Gasteiger partial charge in [0.05, 0.1) is 6.54 Å². The molecule has 0 saturated carbocycles. The minimum Gasteiger partial charge on any atom is -0.454 e. The average molecular weight is 491 g/mol. The molecule has 2 aromatic carbocycles. The molecule has 8 nitrogen and oxygen atoms in total. The molecule has 5 rings (SSSR count). The average Bonchev–Trinajstić information content (AvgIpc) is 3.52. The summed E-state index contributed by atoms with van der Waals surface area (Å²) in [6.07, 6.45) is 3.54. The van der Waals surface area contributed by atoms with Crippen LogP contribution in [0.4, 0.5) is 0 Å². The lowest BCUT2D eigenvalue weighted by Crippen LogP contribution is -2.23. The van der Waals surface area contributed by atoms with Gasteiger partial charge in [-0.25, -0.2) is 0 Å². The second kappa shape index (κ2) is 10.6. The SMILES string of the molecule is O=C(NCc1ccc2c(c1)OCO2)c1cc(CN(Cc2ccncc2)Cc2cccc(Cl)c2)on1. The maximum atomic E-state index is 12.6. The molecule has 0 saturated heterocycles. The molecule has 0 aliphatic carbocycles. The Bertz CT molecular complexity index is 1310. The van der Waals surface area contributed by atoms with Crippen molar-refractivity contribution in [1.29, 1.82) is 0 Å². The second-order valence-corrected chi connectivity index (χ2v) is 8.62. The van der Waals surface area contributed by atoms with Gasteiger partial charge in [0.25, 0.3) is 5.91 Å². The van der Waals surface area contributed by atoms with Crippen molar-refractivity contribution in [2.75, 3.05) is 6.79 Å². The summed E-state index contributed by atoms with van der Waals surface area (Å²) in [7, 11) is 0. The van der Waals surface area contributed by atoms with Crippen molar-refractivity contribution >= 4 is 17.5 Å². The molecule has 2 aromatic heterocycles. The Labute approximate surface area is 207 Å². The number of ether oxygens (including phenoxy) is 2. The Balaban J connectivity index is 1.23. The monoisotopic (exact) mass is 490 g/mol. The number of hydrogen-bond acceptors (Lipinski definition) is 7. The predicted molar refractivity (Wildman–Crippen MR) is 129 cm³/mol. The van der Waals surface area contributed by atoms with E-state index in [9.17, 15) is 4.79 Å². The molecular formula is C26H23ClN4O4. The molecule has 0 bridgehead atoms. The van der Waals surface area contributed by atoms with Gasteiger partial charge in [0.15, 0.2) is 23.0 Å². The topological polar surface area (TPSA) is 89.7 Å². The molecule has 1 amide bonds. The molecule has 9 heteroatoms. The van der Waals surface area contributed by atoms with Crippen LogP contribution >= 0.6 is 11.6 Å². The summed E-state index contributed by atoms with van der Waals surface area (Å²) in [5, 5.41) is 7.53. The van der Waals surface area contributed by atoms with Crippen molar-refractivity contribution in [3.63, 3.8) is 0 Å². The number of hydrogen-bond donors (Lipinski definition) is 1. The van der Waals surface area contributed by atoms with Gasteiger partial charge >= 0.3 is 0 Å². The summed E-state index contributed by atoms with van der Waals surface area (Å²) >= 11 is 6.18. The lowest BCUT2D eigenvalue weighted by atomic mass is 10.2. The second-order valence-electron chi connectivity index (χ2n) is 8.18. The fourth-order valence-corrected chi connectivity index (χ4v) is 4.06. The summed E-state index contributed by atoms with van der Waals surface area (Å²) in [4.78, 5) is 18.9. The van der Waals surface area contributed by atoms with Crippen LogP contribution in [0.25, 0.3) is 0 Å². The number of carbonyl (C=O) groups is 1. The van der Waals surface area contributed by atoms with Gasteiger partial charge in [-0.3, -0.25) is 14.7 Å². The van der Waals surface area contributed by atoms with Crippen molar-refractivity contribution in [3.8, 4) is 11.5 Å². The molecule has 178 valence electrons. The number of rotatable bonds is 9. The highest BCUT2D eigenvalue weighted by atomic mass is 35.5. The number of aromatic nitrogens is 2. The molecule has 1 N–H and O–H groups in total. The summed E-state index contributed by atoms with van der Waals surface area (Å²) in [5.41, 5.74) is 3.32. The molecule has 0 atom stereocenters. The minimum atomic E-state index is -0.312. The molecule has 0 unspecified atom stereocenters. The largest absolute Gasteiger partial charge is 0.454 e.